The molecule has 19 heavy (non-hydrogen) atoms. The van der Waals surface area contributed by atoms with Gasteiger partial charge >= 0.3 is 5.63 Å². The Hall–Kier alpha value is -2.07. The Balaban J connectivity index is 2.63. The highest BCUT2D eigenvalue weighted by molar-refractivity contribution is 5.82. The first-order chi connectivity index (χ1) is 9.02. The van der Waals surface area contributed by atoms with E-state index in [1.54, 1.807) is 26.2 Å². The van der Waals surface area contributed by atoms with E-state index in [0.29, 0.717) is 28.9 Å². The predicted molar refractivity (Wildman–Crippen MR) is 73.6 cm³/mol. The van der Waals surface area contributed by atoms with E-state index in [4.69, 9.17) is 9.15 Å². The lowest BCUT2D eigenvalue weighted by atomic mass is 10.0. The number of benzene rings is 1. The van der Waals surface area contributed by atoms with Gasteiger partial charge in [0.25, 0.3) is 0 Å². The van der Waals surface area contributed by atoms with Gasteiger partial charge in [-0.05, 0) is 25.1 Å². The molecule has 2 aromatic rings. The van der Waals surface area contributed by atoms with Crippen molar-refractivity contribution in [1.29, 1.82) is 0 Å². The number of ether oxygens (including phenoxy) is 1. The van der Waals surface area contributed by atoms with Crippen LogP contribution < -0.4 is 10.4 Å². The molecule has 1 aromatic heterocycles. The molecule has 0 spiro atoms. The molecule has 1 heterocycles. The molecule has 0 saturated carbocycles. The molecule has 0 unspecified atom stereocenters. The fourth-order valence-electron chi connectivity index (χ4n) is 1.92. The number of fused-ring (bicyclic) bond motifs is 1. The molecule has 1 atom stereocenters. The molecular weight excluding hydrogens is 244 g/mol. The molecule has 100 valence electrons. The molecule has 0 aliphatic rings. The summed E-state index contributed by atoms with van der Waals surface area (Å²) >= 11 is 0. The van der Waals surface area contributed by atoms with Crippen molar-refractivity contribution in [3.63, 3.8) is 0 Å². The first-order valence-corrected chi connectivity index (χ1v) is 5.96. The van der Waals surface area contributed by atoms with Gasteiger partial charge in [-0.1, -0.05) is 12.2 Å². The van der Waals surface area contributed by atoms with E-state index in [1.165, 1.54) is 6.07 Å². The van der Waals surface area contributed by atoms with Crippen LogP contribution in [0.1, 0.15) is 12.5 Å². The van der Waals surface area contributed by atoms with Crippen molar-refractivity contribution < 1.29 is 14.3 Å². The Labute approximate surface area is 110 Å². The largest absolute Gasteiger partial charge is 0.496 e. The molecule has 0 radical (unpaired) electrons. The van der Waals surface area contributed by atoms with Gasteiger partial charge in [0.2, 0.25) is 0 Å². The normalized spacial score (nSPS) is 12.4. The zero-order valence-corrected chi connectivity index (χ0v) is 11.0. The van der Waals surface area contributed by atoms with Crippen LogP contribution in [0.5, 0.6) is 5.75 Å². The summed E-state index contributed by atoms with van der Waals surface area (Å²) in [4.78, 5) is 11.4. The standard InChI is InChI=1S/C15H16O4/c1-9(2)12(16)8-11-13(18-3)6-4-10-5-7-14(17)19-15(10)11/h4-7,12,16H,1,8H2,2-3H3/t12-/m1/s1. The van der Waals surface area contributed by atoms with Gasteiger partial charge in [-0.15, -0.1) is 0 Å². The van der Waals surface area contributed by atoms with Crippen LogP contribution in [0.15, 0.2) is 45.6 Å². The minimum absolute atomic E-state index is 0.294. The zero-order chi connectivity index (χ0) is 14.0. The number of methoxy groups -OCH3 is 1. The van der Waals surface area contributed by atoms with Crippen molar-refractivity contribution >= 4 is 11.0 Å². The molecule has 1 aromatic carbocycles. The van der Waals surface area contributed by atoms with Crippen LogP contribution in [-0.4, -0.2) is 18.3 Å². The third-order valence-electron chi connectivity index (χ3n) is 3.04. The van der Waals surface area contributed by atoms with E-state index in [-0.39, 0.29) is 0 Å². The molecule has 0 bridgehead atoms. The van der Waals surface area contributed by atoms with Gasteiger partial charge in [0.05, 0.1) is 13.2 Å². The summed E-state index contributed by atoms with van der Waals surface area (Å²) in [6.07, 6.45) is -0.409. The van der Waals surface area contributed by atoms with E-state index in [9.17, 15) is 9.90 Å². The number of hydrogen-bond acceptors (Lipinski definition) is 4. The average molecular weight is 260 g/mol. The second-order valence-corrected chi connectivity index (χ2v) is 4.49. The maximum atomic E-state index is 11.4. The summed E-state index contributed by atoms with van der Waals surface area (Å²) in [5.41, 5.74) is 1.35. The van der Waals surface area contributed by atoms with Crippen LogP contribution in [0.4, 0.5) is 0 Å². The first-order valence-electron chi connectivity index (χ1n) is 5.96. The van der Waals surface area contributed by atoms with Crippen molar-refractivity contribution in [3.05, 3.63) is 52.4 Å². The van der Waals surface area contributed by atoms with Crippen LogP contribution in [0.25, 0.3) is 11.0 Å². The maximum Gasteiger partial charge on any atom is 0.336 e. The van der Waals surface area contributed by atoms with E-state index < -0.39 is 11.7 Å². The van der Waals surface area contributed by atoms with Crippen LogP contribution in [0.3, 0.4) is 0 Å². The molecule has 0 amide bonds. The fraction of sp³-hybridized carbons (Fsp3) is 0.267. The minimum Gasteiger partial charge on any atom is -0.496 e. The second kappa shape index (κ2) is 5.28. The molecule has 4 heteroatoms. The van der Waals surface area contributed by atoms with Gasteiger partial charge in [-0.25, -0.2) is 4.79 Å². The first kappa shape index (κ1) is 13.4. The quantitative estimate of drug-likeness (QED) is 0.676. The second-order valence-electron chi connectivity index (χ2n) is 4.49. The number of aliphatic hydroxyl groups is 1. The number of rotatable bonds is 4. The molecule has 2 rings (SSSR count). The maximum absolute atomic E-state index is 11.4. The molecule has 4 nitrogen and oxygen atoms in total. The Morgan fingerprint density at radius 3 is 2.74 bits per heavy atom. The van der Waals surface area contributed by atoms with E-state index in [0.717, 1.165) is 5.39 Å². The molecule has 0 fully saturated rings. The van der Waals surface area contributed by atoms with Crippen molar-refractivity contribution in [2.45, 2.75) is 19.4 Å². The van der Waals surface area contributed by atoms with Crippen LogP contribution in [-0.2, 0) is 6.42 Å². The lowest BCUT2D eigenvalue weighted by Crippen LogP contribution is -2.12. The van der Waals surface area contributed by atoms with Gasteiger partial charge in [-0.2, -0.15) is 0 Å². The van der Waals surface area contributed by atoms with Gasteiger partial charge in [0.15, 0.2) is 0 Å². The van der Waals surface area contributed by atoms with Gasteiger partial charge in [0.1, 0.15) is 11.3 Å². The van der Waals surface area contributed by atoms with Crippen LogP contribution in [0.2, 0.25) is 0 Å². The lowest BCUT2D eigenvalue weighted by molar-refractivity contribution is 0.210. The van der Waals surface area contributed by atoms with Crippen molar-refractivity contribution in [1.82, 2.24) is 0 Å². The summed E-state index contributed by atoms with van der Waals surface area (Å²) in [5.74, 6) is 0.585. The Bertz CT molecular complexity index is 669. The lowest BCUT2D eigenvalue weighted by Gasteiger charge is -2.14. The summed E-state index contributed by atoms with van der Waals surface area (Å²) in [5, 5.41) is 10.7. The van der Waals surface area contributed by atoms with Gasteiger partial charge < -0.3 is 14.3 Å². The van der Waals surface area contributed by atoms with Gasteiger partial charge in [-0.3, -0.25) is 0 Å². The Morgan fingerprint density at radius 2 is 2.11 bits per heavy atom. The molecular formula is C15H16O4. The molecule has 0 aliphatic heterocycles. The zero-order valence-electron chi connectivity index (χ0n) is 11.0. The molecule has 0 saturated heterocycles. The number of aliphatic hydroxyl groups excluding tert-OH is 1. The highest BCUT2D eigenvalue weighted by Crippen LogP contribution is 2.29. The summed E-state index contributed by atoms with van der Waals surface area (Å²) < 4.78 is 10.5. The summed E-state index contributed by atoms with van der Waals surface area (Å²) in [6, 6.07) is 6.67. The van der Waals surface area contributed by atoms with Crippen molar-refractivity contribution in [2.24, 2.45) is 0 Å². The minimum atomic E-state index is -0.704. The van der Waals surface area contributed by atoms with E-state index >= 15 is 0 Å². The highest BCUT2D eigenvalue weighted by Gasteiger charge is 2.15. The van der Waals surface area contributed by atoms with Gasteiger partial charge in [0, 0.05) is 23.4 Å². The monoisotopic (exact) mass is 260 g/mol. The van der Waals surface area contributed by atoms with Crippen LogP contribution in [0, 0.1) is 0 Å². The number of hydrogen-bond donors (Lipinski definition) is 1. The fourth-order valence-corrected chi connectivity index (χ4v) is 1.92. The predicted octanol–water partition coefficient (Wildman–Crippen LogP) is 2.28. The highest BCUT2D eigenvalue weighted by atomic mass is 16.5. The van der Waals surface area contributed by atoms with E-state index in [2.05, 4.69) is 6.58 Å². The SMILES string of the molecule is C=C(C)[C@H](O)Cc1c(OC)ccc2ccc(=O)oc12. The Morgan fingerprint density at radius 1 is 1.42 bits per heavy atom. The Kier molecular flexibility index (Phi) is 3.71. The van der Waals surface area contributed by atoms with Crippen LogP contribution >= 0.6 is 0 Å². The van der Waals surface area contributed by atoms with Crippen molar-refractivity contribution in [3.8, 4) is 5.75 Å². The summed E-state index contributed by atoms with van der Waals surface area (Å²) in [7, 11) is 1.54. The van der Waals surface area contributed by atoms with E-state index in [1.807, 2.05) is 6.07 Å². The molecule has 0 aliphatic carbocycles. The summed E-state index contributed by atoms with van der Waals surface area (Å²) in [6.45, 7) is 5.47. The topological polar surface area (TPSA) is 59.7 Å². The smallest absolute Gasteiger partial charge is 0.336 e. The third-order valence-corrected chi connectivity index (χ3v) is 3.04. The average Bonchev–Trinajstić information content (AvgIpc) is 2.39. The third kappa shape index (κ3) is 2.69. The van der Waals surface area contributed by atoms with Crippen molar-refractivity contribution in [2.75, 3.05) is 7.11 Å². The molecule has 1 N–H and O–H groups in total.